The Morgan fingerprint density at radius 3 is 2.44 bits per heavy atom. The molecule has 1 aromatic carbocycles. The minimum Gasteiger partial charge on any atom is -0.324 e. The van der Waals surface area contributed by atoms with Crippen LogP contribution in [0.15, 0.2) is 17.0 Å². The summed E-state index contributed by atoms with van der Waals surface area (Å²) < 4.78 is 12.3. The van der Waals surface area contributed by atoms with Crippen molar-refractivity contribution in [2.45, 2.75) is 30.0 Å². The molecule has 0 aromatic heterocycles. The Morgan fingerprint density at radius 2 is 1.81 bits per heavy atom. The van der Waals surface area contributed by atoms with E-state index in [4.69, 9.17) is 28.9 Å². The molecule has 2 N–H and O–H groups in total. The van der Waals surface area contributed by atoms with E-state index in [2.05, 4.69) is 0 Å². The number of fused-ring (bicyclic) bond motifs is 1. The fourth-order valence-electron chi connectivity index (χ4n) is 2.00. The Kier molecular flexibility index (Phi) is 3.32. The van der Waals surface area contributed by atoms with Crippen LogP contribution in [0.5, 0.6) is 0 Å². The molecule has 4 unspecified atom stereocenters. The summed E-state index contributed by atoms with van der Waals surface area (Å²) in [7, 11) is -1.13. The quantitative estimate of drug-likeness (QED) is 0.792. The van der Waals surface area contributed by atoms with E-state index >= 15 is 0 Å². The minimum atomic E-state index is -1.13. The number of hydrogen-bond acceptors (Lipinski definition) is 2. The van der Waals surface area contributed by atoms with E-state index in [1.54, 1.807) is 12.1 Å². The molecule has 0 spiro atoms. The maximum absolute atomic E-state index is 12.3. The van der Waals surface area contributed by atoms with Gasteiger partial charge in [0, 0.05) is 21.9 Å². The van der Waals surface area contributed by atoms with Gasteiger partial charge in [0.25, 0.3) is 0 Å². The first-order valence-corrected chi connectivity index (χ1v) is 7.06. The van der Waals surface area contributed by atoms with Crippen molar-refractivity contribution in [1.29, 1.82) is 0 Å². The van der Waals surface area contributed by atoms with Crippen molar-refractivity contribution in [1.82, 2.24) is 0 Å². The topological polar surface area (TPSA) is 43.1 Å². The molecular formula is C11H13Cl2NOS. The van der Waals surface area contributed by atoms with Crippen molar-refractivity contribution in [3.63, 3.8) is 0 Å². The summed E-state index contributed by atoms with van der Waals surface area (Å²) in [5, 5.41) is 1.05. The van der Waals surface area contributed by atoms with Gasteiger partial charge >= 0.3 is 0 Å². The lowest BCUT2D eigenvalue weighted by Gasteiger charge is -2.34. The van der Waals surface area contributed by atoms with Gasteiger partial charge in [-0.3, -0.25) is 4.21 Å². The molecule has 0 saturated carbocycles. The highest BCUT2D eigenvalue weighted by molar-refractivity contribution is 7.86. The van der Waals surface area contributed by atoms with Crippen molar-refractivity contribution in [3.05, 3.63) is 27.7 Å². The zero-order valence-electron chi connectivity index (χ0n) is 9.04. The van der Waals surface area contributed by atoms with Crippen LogP contribution in [0.1, 0.15) is 25.5 Å². The van der Waals surface area contributed by atoms with Gasteiger partial charge in [0.1, 0.15) is 0 Å². The van der Waals surface area contributed by atoms with E-state index in [0.717, 1.165) is 5.56 Å². The van der Waals surface area contributed by atoms with Gasteiger partial charge in [-0.1, -0.05) is 37.0 Å². The van der Waals surface area contributed by atoms with E-state index in [0.29, 0.717) is 14.9 Å². The van der Waals surface area contributed by atoms with Crippen molar-refractivity contribution < 1.29 is 4.21 Å². The fraction of sp³-hybridized carbons (Fsp3) is 0.455. The second kappa shape index (κ2) is 4.30. The first kappa shape index (κ1) is 12.4. The maximum atomic E-state index is 12.3. The minimum absolute atomic E-state index is 0.00142. The fourth-order valence-corrected chi connectivity index (χ4v) is 4.39. The van der Waals surface area contributed by atoms with Crippen LogP contribution in [0.4, 0.5) is 0 Å². The van der Waals surface area contributed by atoms with Gasteiger partial charge in [-0.05, 0) is 18.1 Å². The smallest absolute Gasteiger partial charge is 0.0639 e. The molecule has 1 aromatic rings. The van der Waals surface area contributed by atoms with Crippen LogP contribution in [0.3, 0.4) is 0 Å². The zero-order chi connectivity index (χ0) is 12.0. The highest BCUT2D eigenvalue weighted by Crippen LogP contribution is 2.43. The number of halogens is 2. The molecule has 1 heterocycles. The lowest BCUT2D eigenvalue weighted by molar-refractivity contribution is 0.442. The van der Waals surface area contributed by atoms with Gasteiger partial charge in [-0.2, -0.15) is 0 Å². The molecule has 88 valence electrons. The van der Waals surface area contributed by atoms with Gasteiger partial charge in [0.2, 0.25) is 0 Å². The van der Waals surface area contributed by atoms with Crippen LogP contribution in [0, 0.1) is 5.92 Å². The summed E-state index contributed by atoms with van der Waals surface area (Å²) >= 11 is 12.2. The van der Waals surface area contributed by atoms with Crippen molar-refractivity contribution >= 4 is 34.0 Å². The Labute approximate surface area is 108 Å². The van der Waals surface area contributed by atoms with E-state index in [9.17, 15) is 4.21 Å². The SMILES string of the molecule is CC1C(N)c2c(Cl)ccc(Cl)c2S(=O)C1C. The van der Waals surface area contributed by atoms with Gasteiger partial charge in [0.15, 0.2) is 0 Å². The number of hydrogen-bond donors (Lipinski definition) is 1. The van der Waals surface area contributed by atoms with Gasteiger partial charge < -0.3 is 5.73 Å². The van der Waals surface area contributed by atoms with Crippen LogP contribution < -0.4 is 5.73 Å². The second-order valence-electron chi connectivity index (χ2n) is 4.16. The Balaban J connectivity index is 2.72. The molecule has 2 nitrogen and oxygen atoms in total. The summed E-state index contributed by atoms with van der Waals surface area (Å²) in [5.74, 6) is 0.129. The summed E-state index contributed by atoms with van der Waals surface area (Å²) in [4.78, 5) is 0.618. The first-order valence-electron chi connectivity index (χ1n) is 5.09. The second-order valence-corrected chi connectivity index (χ2v) is 6.72. The molecule has 0 aliphatic carbocycles. The predicted molar refractivity (Wildman–Crippen MR) is 68.4 cm³/mol. The highest BCUT2D eigenvalue weighted by atomic mass is 35.5. The van der Waals surface area contributed by atoms with Crippen molar-refractivity contribution in [2.75, 3.05) is 0 Å². The van der Waals surface area contributed by atoms with E-state index in [1.165, 1.54) is 0 Å². The molecule has 5 heteroatoms. The number of nitrogens with two attached hydrogens (primary N) is 1. The Bertz CT molecular complexity index is 464. The standard InChI is InChI=1S/C11H13Cl2NOS/c1-5-6(2)16(15)11-8(13)4-3-7(12)9(11)10(5)14/h3-6,10H,14H2,1-2H3. The third-order valence-electron chi connectivity index (χ3n) is 3.27. The molecule has 1 aliphatic heterocycles. The summed E-state index contributed by atoms with van der Waals surface area (Å²) in [6.45, 7) is 3.92. The van der Waals surface area contributed by atoms with Gasteiger partial charge in [-0.15, -0.1) is 0 Å². The summed E-state index contributed by atoms with van der Waals surface area (Å²) in [5.41, 5.74) is 6.88. The Hall–Kier alpha value is -0.0900. The summed E-state index contributed by atoms with van der Waals surface area (Å²) in [6, 6.07) is 3.19. The number of rotatable bonds is 0. The van der Waals surface area contributed by atoms with Crippen LogP contribution in [0.25, 0.3) is 0 Å². The van der Waals surface area contributed by atoms with Crippen LogP contribution >= 0.6 is 23.2 Å². The Morgan fingerprint density at radius 1 is 1.25 bits per heavy atom. The molecule has 0 bridgehead atoms. The predicted octanol–water partition coefficient (Wildman–Crippen LogP) is 3.14. The van der Waals surface area contributed by atoms with E-state index in [-0.39, 0.29) is 17.2 Å². The molecule has 4 atom stereocenters. The zero-order valence-corrected chi connectivity index (χ0v) is 11.4. The molecule has 0 saturated heterocycles. The first-order chi connectivity index (χ1) is 7.45. The third kappa shape index (κ3) is 1.70. The average molecular weight is 278 g/mol. The van der Waals surface area contributed by atoms with Crippen molar-refractivity contribution in [3.8, 4) is 0 Å². The maximum Gasteiger partial charge on any atom is 0.0639 e. The lowest BCUT2D eigenvalue weighted by atomic mass is 9.92. The van der Waals surface area contributed by atoms with Crippen molar-refractivity contribution in [2.24, 2.45) is 11.7 Å². The molecule has 16 heavy (non-hydrogen) atoms. The lowest BCUT2D eigenvalue weighted by Crippen LogP contribution is -2.36. The van der Waals surface area contributed by atoms with Crippen LogP contribution in [-0.2, 0) is 10.8 Å². The monoisotopic (exact) mass is 277 g/mol. The number of benzene rings is 1. The largest absolute Gasteiger partial charge is 0.324 e. The van der Waals surface area contributed by atoms with E-state index < -0.39 is 10.8 Å². The average Bonchev–Trinajstić information content (AvgIpc) is 2.26. The third-order valence-corrected chi connectivity index (χ3v) is 5.98. The highest BCUT2D eigenvalue weighted by Gasteiger charge is 2.37. The molecule has 2 rings (SSSR count). The summed E-state index contributed by atoms with van der Waals surface area (Å²) in [6.07, 6.45) is 0. The molecule has 0 fully saturated rings. The molecular weight excluding hydrogens is 265 g/mol. The molecule has 0 radical (unpaired) electrons. The molecule has 0 amide bonds. The van der Waals surface area contributed by atoms with E-state index in [1.807, 2.05) is 13.8 Å². The van der Waals surface area contributed by atoms with Gasteiger partial charge in [-0.25, -0.2) is 0 Å². The van der Waals surface area contributed by atoms with Gasteiger partial charge in [0.05, 0.1) is 20.7 Å². The van der Waals surface area contributed by atoms with Crippen LogP contribution in [-0.4, -0.2) is 9.46 Å². The van der Waals surface area contributed by atoms with Crippen LogP contribution in [0.2, 0.25) is 10.0 Å². The molecule has 1 aliphatic rings. The normalized spacial score (nSPS) is 33.6.